The molecule has 0 saturated carbocycles. The summed E-state index contributed by atoms with van der Waals surface area (Å²) in [6, 6.07) is 17.2. The lowest BCUT2D eigenvalue weighted by molar-refractivity contribution is 0.0508. The minimum absolute atomic E-state index is 0.200. The summed E-state index contributed by atoms with van der Waals surface area (Å²) in [6.45, 7) is -2.89. The van der Waals surface area contributed by atoms with Gasteiger partial charge in [0, 0.05) is 6.20 Å². The maximum Gasteiger partial charge on any atom is 0.333 e. The molecule has 1 unspecified atom stereocenters. The van der Waals surface area contributed by atoms with Crippen LogP contribution in [0.4, 0.5) is 8.78 Å². The van der Waals surface area contributed by atoms with Gasteiger partial charge in [-0.05, 0) is 29.3 Å². The first kappa shape index (κ1) is 17.6. The van der Waals surface area contributed by atoms with Crippen LogP contribution in [-0.2, 0) is 0 Å². The molecule has 1 amide bonds. The van der Waals surface area contributed by atoms with Crippen molar-refractivity contribution in [2.45, 2.75) is 12.6 Å². The van der Waals surface area contributed by atoms with Crippen LogP contribution in [0.25, 0.3) is 0 Å². The molecule has 26 heavy (non-hydrogen) atoms. The normalized spacial score (nSPS) is 12.0. The average molecular weight is 357 g/mol. The fourth-order valence-electron chi connectivity index (χ4n) is 2.66. The predicted molar refractivity (Wildman–Crippen MR) is 92.2 cm³/mol. The number of benzene rings is 2. The number of methoxy groups -OCH3 is 1. The minimum Gasteiger partial charge on any atom is -0.497 e. The van der Waals surface area contributed by atoms with Crippen molar-refractivity contribution >= 4 is 5.91 Å². The molecular formula is C19H17F2N3O2. The molecule has 0 aliphatic rings. The number of nitrogens with zero attached hydrogens (tertiary/aromatic N) is 2. The first-order chi connectivity index (χ1) is 12.6. The summed E-state index contributed by atoms with van der Waals surface area (Å²) in [4.78, 5) is 12.6. The number of aromatic nitrogens is 2. The Morgan fingerprint density at radius 1 is 1.04 bits per heavy atom. The number of carbonyl (C=O) groups excluding carboxylic acids is 1. The molecule has 5 nitrogen and oxygen atoms in total. The number of rotatable bonds is 6. The second kappa shape index (κ2) is 7.77. The van der Waals surface area contributed by atoms with Crippen molar-refractivity contribution in [3.05, 3.63) is 83.7 Å². The number of hydrogen-bond donors (Lipinski definition) is 1. The van der Waals surface area contributed by atoms with Crippen LogP contribution in [0.2, 0.25) is 0 Å². The third-order valence-corrected chi connectivity index (χ3v) is 3.95. The highest BCUT2D eigenvalue weighted by atomic mass is 19.3. The van der Waals surface area contributed by atoms with E-state index in [9.17, 15) is 13.6 Å². The molecule has 1 N–H and O–H groups in total. The van der Waals surface area contributed by atoms with Crippen molar-refractivity contribution < 1.29 is 18.3 Å². The molecule has 1 aromatic heterocycles. The molecule has 0 radical (unpaired) electrons. The molecule has 0 aliphatic heterocycles. The Labute approximate surface area is 149 Å². The molecule has 3 aromatic rings. The van der Waals surface area contributed by atoms with E-state index in [0.717, 1.165) is 11.1 Å². The SMILES string of the molecule is COc1ccc(C(NC(=O)c2ccnn2C(F)F)c2ccccc2)cc1. The molecule has 7 heteroatoms. The highest BCUT2D eigenvalue weighted by molar-refractivity contribution is 5.93. The lowest BCUT2D eigenvalue weighted by Gasteiger charge is -2.20. The Kier molecular flexibility index (Phi) is 5.26. The fraction of sp³-hybridized carbons (Fsp3) is 0.158. The van der Waals surface area contributed by atoms with E-state index in [0.29, 0.717) is 10.4 Å². The first-order valence-electron chi connectivity index (χ1n) is 7.91. The van der Waals surface area contributed by atoms with Gasteiger partial charge in [0.15, 0.2) is 0 Å². The summed E-state index contributed by atoms with van der Waals surface area (Å²) in [5.41, 5.74) is 1.43. The molecule has 0 fully saturated rings. The maximum absolute atomic E-state index is 13.0. The van der Waals surface area contributed by atoms with Crippen LogP contribution < -0.4 is 10.1 Å². The zero-order valence-corrected chi connectivity index (χ0v) is 14.0. The van der Waals surface area contributed by atoms with Gasteiger partial charge in [-0.3, -0.25) is 4.79 Å². The van der Waals surface area contributed by atoms with Crippen LogP contribution in [0.15, 0.2) is 66.9 Å². The monoisotopic (exact) mass is 357 g/mol. The summed E-state index contributed by atoms with van der Waals surface area (Å²) in [6.07, 6.45) is 1.17. The van der Waals surface area contributed by atoms with E-state index in [-0.39, 0.29) is 5.69 Å². The second-order valence-electron chi connectivity index (χ2n) is 5.53. The van der Waals surface area contributed by atoms with Gasteiger partial charge in [0.05, 0.1) is 13.2 Å². The van der Waals surface area contributed by atoms with Gasteiger partial charge in [0.1, 0.15) is 11.4 Å². The molecule has 1 atom stereocenters. The lowest BCUT2D eigenvalue weighted by atomic mass is 9.98. The van der Waals surface area contributed by atoms with Crippen LogP contribution in [0.5, 0.6) is 5.75 Å². The number of amides is 1. The van der Waals surface area contributed by atoms with Gasteiger partial charge in [-0.25, -0.2) is 0 Å². The van der Waals surface area contributed by atoms with E-state index in [4.69, 9.17) is 4.74 Å². The highest BCUT2D eigenvalue weighted by Gasteiger charge is 2.22. The topological polar surface area (TPSA) is 56.1 Å². The minimum atomic E-state index is -2.89. The van der Waals surface area contributed by atoms with Crippen LogP contribution >= 0.6 is 0 Å². The van der Waals surface area contributed by atoms with Gasteiger partial charge >= 0.3 is 6.55 Å². The average Bonchev–Trinajstić information content (AvgIpc) is 3.17. The summed E-state index contributed by atoms with van der Waals surface area (Å²) >= 11 is 0. The van der Waals surface area contributed by atoms with Crippen LogP contribution in [0.1, 0.15) is 34.2 Å². The van der Waals surface area contributed by atoms with E-state index in [1.165, 1.54) is 12.3 Å². The number of nitrogens with one attached hydrogen (secondary N) is 1. The Bertz CT molecular complexity index is 864. The second-order valence-corrected chi connectivity index (χ2v) is 5.53. The number of alkyl halides is 2. The van der Waals surface area contributed by atoms with Crippen molar-refractivity contribution in [3.8, 4) is 5.75 Å². The van der Waals surface area contributed by atoms with E-state index in [2.05, 4.69) is 10.4 Å². The van der Waals surface area contributed by atoms with Crippen molar-refractivity contribution in [3.63, 3.8) is 0 Å². The molecular weight excluding hydrogens is 340 g/mol. The van der Waals surface area contributed by atoms with E-state index in [1.807, 2.05) is 42.5 Å². The molecule has 3 rings (SSSR count). The maximum atomic E-state index is 13.0. The lowest BCUT2D eigenvalue weighted by Crippen LogP contribution is -2.31. The molecule has 0 aliphatic carbocycles. The Morgan fingerprint density at radius 3 is 2.31 bits per heavy atom. The number of carbonyl (C=O) groups is 1. The zero-order valence-electron chi connectivity index (χ0n) is 14.0. The smallest absolute Gasteiger partial charge is 0.333 e. The summed E-state index contributed by atoms with van der Waals surface area (Å²) in [7, 11) is 1.57. The molecule has 134 valence electrons. The largest absolute Gasteiger partial charge is 0.497 e. The predicted octanol–water partition coefficient (Wildman–Crippen LogP) is 3.81. The third kappa shape index (κ3) is 3.72. The zero-order chi connectivity index (χ0) is 18.5. The summed E-state index contributed by atoms with van der Waals surface area (Å²) in [5, 5.41) is 6.31. The highest BCUT2D eigenvalue weighted by Crippen LogP contribution is 2.25. The number of halogens is 2. The standard InChI is InChI=1S/C19H17F2N3O2/c1-26-15-9-7-14(8-10-15)17(13-5-3-2-4-6-13)23-18(25)16-11-12-22-24(16)19(20)21/h2-12,17,19H,1H3,(H,23,25). The first-order valence-corrected chi connectivity index (χ1v) is 7.91. The third-order valence-electron chi connectivity index (χ3n) is 3.95. The van der Waals surface area contributed by atoms with E-state index >= 15 is 0 Å². The Hall–Kier alpha value is -3.22. The number of ether oxygens (including phenoxy) is 1. The van der Waals surface area contributed by atoms with Gasteiger partial charge < -0.3 is 10.1 Å². The molecule has 0 bridgehead atoms. The summed E-state index contributed by atoms with van der Waals surface area (Å²) < 4.78 is 31.5. The van der Waals surface area contributed by atoms with Gasteiger partial charge in [-0.1, -0.05) is 42.5 Å². The molecule has 0 saturated heterocycles. The molecule has 0 spiro atoms. The van der Waals surface area contributed by atoms with E-state index < -0.39 is 18.5 Å². The van der Waals surface area contributed by atoms with Crippen molar-refractivity contribution in [1.29, 1.82) is 0 Å². The molecule has 2 aromatic carbocycles. The van der Waals surface area contributed by atoms with Gasteiger partial charge in [-0.15, -0.1) is 0 Å². The van der Waals surface area contributed by atoms with Gasteiger partial charge in [0.25, 0.3) is 5.91 Å². The van der Waals surface area contributed by atoms with Crippen LogP contribution in [0, 0.1) is 0 Å². The number of hydrogen-bond acceptors (Lipinski definition) is 3. The van der Waals surface area contributed by atoms with Crippen LogP contribution in [-0.4, -0.2) is 22.8 Å². The van der Waals surface area contributed by atoms with Crippen molar-refractivity contribution in [1.82, 2.24) is 15.1 Å². The quantitative estimate of drug-likeness (QED) is 0.730. The van der Waals surface area contributed by atoms with Gasteiger partial charge in [-0.2, -0.15) is 18.6 Å². The summed E-state index contributed by atoms with van der Waals surface area (Å²) in [5.74, 6) is 0.0511. The fourth-order valence-corrected chi connectivity index (χ4v) is 2.66. The van der Waals surface area contributed by atoms with Gasteiger partial charge in [0.2, 0.25) is 0 Å². The molecule has 1 heterocycles. The van der Waals surface area contributed by atoms with Crippen LogP contribution in [0.3, 0.4) is 0 Å². The van der Waals surface area contributed by atoms with Crippen molar-refractivity contribution in [2.24, 2.45) is 0 Å². The Morgan fingerprint density at radius 2 is 1.69 bits per heavy atom. The van der Waals surface area contributed by atoms with E-state index in [1.54, 1.807) is 19.2 Å². The Balaban J connectivity index is 1.93. The van der Waals surface area contributed by atoms with Crippen molar-refractivity contribution in [2.75, 3.05) is 7.11 Å².